The quantitative estimate of drug-likeness (QED) is 0.822. The second-order valence-corrected chi connectivity index (χ2v) is 5.94. The van der Waals surface area contributed by atoms with E-state index >= 15 is 0 Å². The molecule has 1 unspecified atom stereocenters. The van der Waals surface area contributed by atoms with Gasteiger partial charge in [0.2, 0.25) is 0 Å². The van der Waals surface area contributed by atoms with E-state index in [4.69, 9.17) is 5.73 Å². The lowest BCUT2D eigenvalue weighted by Crippen LogP contribution is -2.28. The molecule has 0 saturated heterocycles. The number of anilines is 1. The molecule has 2 rings (SSSR count). The smallest absolute Gasteiger partial charge is 0.253 e. The van der Waals surface area contributed by atoms with Crippen LogP contribution in [0.15, 0.2) is 28.2 Å². The van der Waals surface area contributed by atoms with Gasteiger partial charge in [-0.25, -0.2) is 9.37 Å². The minimum Gasteiger partial charge on any atom is -0.396 e. The van der Waals surface area contributed by atoms with Gasteiger partial charge in [0.15, 0.2) is 0 Å². The number of benzene rings is 1. The average Bonchev–Trinajstić information content (AvgIpc) is 2.93. The summed E-state index contributed by atoms with van der Waals surface area (Å²) in [4.78, 5) is 16.4. The fourth-order valence-corrected chi connectivity index (χ4v) is 2.99. The van der Waals surface area contributed by atoms with E-state index in [1.54, 1.807) is 6.20 Å². The van der Waals surface area contributed by atoms with Gasteiger partial charge in [-0.15, -0.1) is 11.3 Å². The van der Waals surface area contributed by atoms with Crippen molar-refractivity contribution in [3.05, 3.63) is 44.6 Å². The molecule has 0 saturated carbocycles. The fraction of sp³-hybridized carbons (Fsp3) is 0.231. The Labute approximate surface area is 128 Å². The number of hydrogen-bond donors (Lipinski definition) is 2. The number of nitrogens with zero attached hydrogens (tertiary/aromatic N) is 1. The Hall–Kier alpha value is -1.47. The molecule has 1 heterocycles. The first-order valence-electron chi connectivity index (χ1n) is 5.97. The van der Waals surface area contributed by atoms with Crippen molar-refractivity contribution < 1.29 is 9.18 Å². The summed E-state index contributed by atoms with van der Waals surface area (Å²) in [5, 5.41) is 5.57. The minimum atomic E-state index is -0.555. The second kappa shape index (κ2) is 6.32. The molecule has 106 valence electrons. The zero-order valence-electron chi connectivity index (χ0n) is 10.7. The van der Waals surface area contributed by atoms with E-state index in [0.717, 1.165) is 5.01 Å². The third kappa shape index (κ3) is 3.16. The predicted octanol–water partition coefficient (Wildman–Crippen LogP) is 3.51. The van der Waals surface area contributed by atoms with E-state index in [9.17, 15) is 9.18 Å². The maximum absolute atomic E-state index is 13.3. The fourth-order valence-electron chi connectivity index (χ4n) is 1.72. The van der Waals surface area contributed by atoms with Crippen LogP contribution in [0.4, 0.5) is 10.1 Å². The Morgan fingerprint density at radius 2 is 2.35 bits per heavy atom. The molecular weight excluding hydrogens is 345 g/mol. The molecular formula is C13H13BrFN3OS. The Bertz CT molecular complexity index is 618. The summed E-state index contributed by atoms with van der Waals surface area (Å²) >= 11 is 4.65. The standard InChI is InChI=1S/C13H13BrFN3OS/c1-2-11(13-17-3-4-20-13)18-12(19)7-5-10(16)9(15)6-8(7)14/h3-6,11H,2,16H2,1H3,(H,18,19). The van der Waals surface area contributed by atoms with Crippen LogP contribution in [0, 0.1) is 5.82 Å². The number of aromatic nitrogens is 1. The number of halogens is 2. The summed E-state index contributed by atoms with van der Waals surface area (Å²) in [6.07, 6.45) is 2.41. The van der Waals surface area contributed by atoms with E-state index in [1.807, 2.05) is 12.3 Å². The highest BCUT2D eigenvalue weighted by atomic mass is 79.9. The predicted molar refractivity (Wildman–Crippen MR) is 81.1 cm³/mol. The van der Waals surface area contributed by atoms with E-state index in [0.29, 0.717) is 16.5 Å². The molecule has 0 fully saturated rings. The lowest BCUT2D eigenvalue weighted by Gasteiger charge is -2.15. The lowest BCUT2D eigenvalue weighted by atomic mass is 10.1. The molecule has 0 radical (unpaired) electrons. The highest BCUT2D eigenvalue weighted by Crippen LogP contribution is 2.25. The summed E-state index contributed by atoms with van der Waals surface area (Å²) in [6.45, 7) is 1.96. The summed E-state index contributed by atoms with van der Waals surface area (Å²) in [5.41, 5.74) is 5.75. The molecule has 1 atom stereocenters. The van der Waals surface area contributed by atoms with Crippen molar-refractivity contribution in [3.8, 4) is 0 Å². The van der Waals surface area contributed by atoms with Crippen LogP contribution < -0.4 is 11.1 Å². The number of carbonyl (C=O) groups excluding carboxylic acids is 1. The van der Waals surface area contributed by atoms with Crippen LogP contribution >= 0.6 is 27.3 Å². The van der Waals surface area contributed by atoms with Crippen LogP contribution in [0.1, 0.15) is 34.8 Å². The molecule has 1 aromatic carbocycles. The molecule has 1 amide bonds. The molecule has 0 aliphatic rings. The molecule has 0 spiro atoms. The van der Waals surface area contributed by atoms with Crippen LogP contribution in [0.25, 0.3) is 0 Å². The van der Waals surface area contributed by atoms with Gasteiger partial charge in [-0.3, -0.25) is 4.79 Å². The van der Waals surface area contributed by atoms with Crippen molar-refractivity contribution in [2.75, 3.05) is 5.73 Å². The number of nitrogens with one attached hydrogen (secondary N) is 1. The Morgan fingerprint density at radius 3 is 2.95 bits per heavy atom. The zero-order valence-corrected chi connectivity index (χ0v) is 13.1. The van der Waals surface area contributed by atoms with E-state index in [2.05, 4.69) is 26.2 Å². The highest BCUT2D eigenvalue weighted by Gasteiger charge is 2.19. The first-order chi connectivity index (χ1) is 9.52. The van der Waals surface area contributed by atoms with E-state index in [1.165, 1.54) is 23.5 Å². The Balaban J connectivity index is 2.21. The maximum Gasteiger partial charge on any atom is 0.253 e. The molecule has 0 aliphatic heterocycles. The SMILES string of the molecule is CCC(NC(=O)c1cc(N)c(F)cc1Br)c1nccs1. The van der Waals surface area contributed by atoms with Crippen LogP contribution in [-0.2, 0) is 0 Å². The van der Waals surface area contributed by atoms with Gasteiger partial charge >= 0.3 is 0 Å². The van der Waals surface area contributed by atoms with Crippen LogP contribution in [0.3, 0.4) is 0 Å². The Kier molecular flexibility index (Phi) is 4.72. The summed E-state index contributed by atoms with van der Waals surface area (Å²) in [7, 11) is 0. The molecule has 0 bridgehead atoms. The maximum atomic E-state index is 13.3. The summed E-state index contributed by atoms with van der Waals surface area (Å²) in [6, 6.07) is 2.35. The topological polar surface area (TPSA) is 68.0 Å². The first-order valence-corrected chi connectivity index (χ1v) is 7.65. The minimum absolute atomic E-state index is 0.0550. The van der Waals surface area contributed by atoms with Crippen LogP contribution in [0.5, 0.6) is 0 Å². The van der Waals surface area contributed by atoms with Gasteiger partial charge in [0.05, 0.1) is 17.3 Å². The van der Waals surface area contributed by atoms with Gasteiger partial charge in [-0.2, -0.15) is 0 Å². The van der Waals surface area contributed by atoms with Gasteiger partial charge in [-0.1, -0.05) is 6.92 Å². The third-order valence-corrected chi connectivity index (χ3v) is 4.34. The molecule has 2 aromatic rings. The molecule has 20 heavy (non-hydrogen) atoms. The average molecular weight is 358 g/mol. The zero-order chi connectivity index (χ0) is 14.7. The van der Waals surface area contributed by atoms with Crippen LogP contribution in [0.2, 0.25) is 0 Å². The largest absolute Gasteiger partial charge is 0.396 e. The van der Waals surface area contributed by atoms with Crippen molar-refractivity contribution in [2.24, 2.45) is 0 Å². The number of rotatable bonds is 4. The van der Waals surface area contributed by atoms with Crippen molar-refractivity contribution in [3.63, 3.8) is 0 Å². The molecule has 7 heteroatoms. The second-order valence-electron chi connectivity index (χ2n) is 4.16. The number of thiazole rings is 1. The van der Waals surface area contributed by atoms with Gasteiger partial charge in [0.25, 0.3) is 5.91 Å². The van der Waals surface area contributed by atoms with Crippen molar-refractivity contribution in [1.82, 2.24) is 10.3 Å². The number of nitrogens with two attached hydrogens (primary N) is 1. The summed E-state index contributed by atoms with van der Waals surface area (Å²) in [5.74, 6) is -0.869. The van der Waals surface area contributed by atoms with E-state index < -0.39 is 5.82 Å². The normalized spacial score (nSPS) is 12.2. The van der Waals surface area contributed by atoms with Crippen molar-refractivity contribution in [1.29, 1.82) is 0 Å². The first kappa shape index (κ1) is 14.9. The van der Waals surface area contributed by atoms with Gasteiger partial charge in [-0.05, 0) is 34.5 Å². The molecule has 1 aromatic heterocycles. The monoisotopic (exact) mass is 357 g/mol. The van der Waals surface area contributed by atoms with Gasteiger partial charge < -0.3 is 11.1 Å². The molecule has 0 aliphatic carbocycles. The molecule has 4 nitrogen and oxygen atoms in total. The van der Waals surface area contributed by atoms with Gasteiger partial charge in [0, 0.05) is 16.0 Å². The highest BCUT2D eigenvalue weighted by molar-refractivity contribution is 9.10. The number of amides is 1. The van der Waals surface area contributed by atoms with Crippen molar-refractivity contribution >= 4 is 38.9 Å². The van der Waals surface area contributed by atoms with Crippen molar-refractivity contribution in [2.45, 2.75) is 19.4 Å². The molecule has 3 N–H and O–H groups in total. The van der Waals surface area contributed by atoms with E-state index in [-0.39, 0.29) is 17.6 Å². The number of nitrogen functional groups attached to an aromatic ring is 1. The summed E-state index contributed by atoms with van der Waals surface area (Å²) < 4.78 is 13.7. The van der Waals surface area contributed by atoms with Crippen LogP contribution in [-0.4, -0.2) is 10.9 Å². The number of carbonyl (C=O) groups is 1. The lowest BCUT2D eigenvalue weighted by molar-refractivity contribution is 0.0934. The Morgan fingerprint density at radius 1 is 1.60 bits per heavy atom. The number of hydrogen-bond acceptors (Lipinski definition) is 4. The third-order valence-electron chi connectivity index (χ3n) is 2.79. The van der Waals surface area contributed by atoms with Gasteiger partial charge in [0.1, 0.15) is 10.8 Å².